The van der Waals surface area contributed by atoms with E-state index in [0.29, 0.717) is 17.7 Å². The minimum absolute atomic E-state index is 0.00961. The molecule has 38 heavy (non-hydrogen) atoms. The maximum absolute atomic E-state index is 13.8. The van der Waals surface area contributed by atoms with Crippen LogP contribution in [0.5, 0.6) is 5.75 Å². The van der Waals surface area contributed by atoms with Gasteiger partial charge in [-0.25, -0.2) is 4.79 Å². The van der Waals surface area contributed by atoms with Gasteiger partial charge in [0, 0.05) is 32.1 Å². The van der Waals surface area contributed by atoms with Crippen molar-refractivity contribution < 1.29 is 43.7 Å². The van der Waals surface area contributed by atoms with Gasteiger partial charge < -0.3 is 25.6 Å². The van der Waals surface area contributed by atoms with Crippen molar-refractivity contribution in [3.8, 4) is 5.75 Å². The van der Waals surface area contributed by atoms with Gasteiger partial charge in [0.1, 0.15) is 5.75 Å². The molecule has 202 valence electrons. The van der Waals surface area contributed by atoms with Crippen molar-refractivity contribution in [2.75, 3.05) is 30.9 Å². The highest BCUT2D eigenvalue weighted by Crippen LogP contribution is 2.52. The first kappa shape index (κ1) is 27.0. The molecule has 3 aliphatic rings. The molecule has 0 aliphatic heterocycles. The van der Waals surface area contributed by atoms with Crippen LogP contribution in [0, 0.1) is 23.7 Å². The quantitative estimate of drug-likeness (QED) is 0.175. The number of primary amides is 1. The minimum Gasteiger partial charge on any atom is -0.505 e. The number of aromatic hydroxyl groups is 1. The maximum atomic E-state index is 13.8. The van der Waals surface area contributed by atoms with Crippen LogP contribution in [0.3, 0.4) is 0 Å². The zero-order chi connectivity index (χ0) is 28.1. The van der Waals surface area contributed by atoms with Gasteiger partial charge in [0.25, 0.3) is 0 Å². The molecule has 1 aromatic carbocycles. The molecule has 2 unspecified atom stereocenters. The Morgan fingerprint density at radius 2 is 1.92 bits per heavy atom. The number of carbonyl (C=O) groups excluding carboxylic acids is 6. The molecule has 12 heteroatoms. The standard InChI is InChI=1S/C26H29N3O9/c1-4-5-6-38-25(36)28-14-10-15(29(2)3)13-8-11-7-12-9-16(30)19(24(27)35)23(34)26(12,37)22(33)17(11)21(32)18(13)20(14)31/h4,10-12,17,19,31,37H,1,5-9H2,2-3H3,(H2,27,35)(H,28,36)/t11-,12+,17?,19?,26+/m1/s1. The molecule has 4 rings (SSSR count). The molecule has 0 aromatic heterocycles. The van der Waals surface area contributed by atoms with Crippen molar-refractivity contribution in [2.45, 2.75) is 31.3 Å². The lowest BCUT2D eigenvalue weighted by molar-refractivity contribution is -0.175. The number of amides is 2. The van der Waals surface area contributed by atoms with Crippen molar-refractivity contribution in [1.29, 1.82) is 0 Å². The van der Waals surface area contributed by atoms with Crippen molar-refractivity contribution in [2.24, 2.45) is 29.4 Å². The number of aliphatic hydroxyl groups is 1. The second kappa shape index (κ2) is 9.67. The lowest BCUT2D eigenvalue weighted by Crippen LogP contribution is -2.68. The normalized spacial score (nSPS) is 28.1. The number of phenolic OH excluding ortho intramolecular Hbond substituents is 1. The third-order valence-corrected chi connectivity index (χ3v) is 7.65. The van der Waals surface area contributed by atoms with Gasteiger partial charge in [0.2, 0.25) is 5.91 Å². The number of Topliss-reactive ketones (excluding diaryl/α,β-unsaturated/α-hetero) is 4. The molecule has 2 saturated carbocycles. The largest absolute Gasteiger partial charge is 0.505 e. The van der Waals surface area contributed by atoms with Gasteiger partial charge in [-0.15, -0.1) is 6.58 Å². The number of hydrogen-bond acceptors (Lipinski definition) is 10. The Kier molecular flexibility index (Phi) is 6.87. The summed E-state index contributed by atoms with van der Waals surface area (Å²) in [6.07, 6.45) is 0.784. The van der Waals surface area contributed by atoms with E-state index in [9.17, 15) is 39.0 Å². The van der Waals surface area contributed by atoms with E-state index in [0.717, 1.165) is 0 Å². The predicted octanol–water partition coefficient (Wildman–Crippen LogP) is 0.518. The Balaban J connectivity index is 1.76. The zero-order valence-electron chi connectivity index (χ0n) is 21.0. The van der Waals surface area contributed by atoms with Crippen molar-refractivity contribution in [3.05, 3.63) is 29.8 Å². The molecule has 0 spiro atoms. The van der Waals surface area contributed by atoms with Gasteiger partial charge in [-0.3, -0.25) is 29.3 Å². The Hall–Kier alpha value is -4.06. The Labute approximate surface area is 217 Å². The number of benzene rings is 1. The zero-order valence-corrected chi connectivity index (χ0v) is 21.0. The van der Waals surface area contributed by atoms with E-state index >= 15 is 0 Å². The van der Waals surface area contributed by atoms with Crippen LogP contribution in [0.1, 0.15) is 35.2 Å². The Bertz CT molecular complexity index is 1290. The number of nitrogens with two attached hydrogens (primary N) is 1. The Morgan fingerprint density at radius 1 is 1.24 bits per heavy atom. The first-order valence-electron chi connectivity index (χ1n) is 12.1. The molecule has 1 aromatic rings. The number of ether oxygens (including phenoxy) is 1. The van der Waals surface area contributed by atoms with Gasteiger partial charge in [-0.1, -0.05) is 6.08 Å². The smallest absolute Gasteiger partial charge is 0.411 e. The van der Waals surface area contributed by atoms with Crippen LogP contribution in [0.4, 0.5) is 16.2 Å². The molecule has 0 radical (unpaired) electrons. The molecule has 0 saturated heterocycles. The van der Waals surface area contributed by atoms with Crippen molar-refractivity contribution in [3.63, 3.8) is 0 Å². The van der Waals surface area contributed by atoms with Gasteiger partial charge in [0.05, 0.1) is 23.8 Å². The fraction of sp³-hybridized carbons (Fsp3) is 0.462. The summed E-state index contributed by atoms with van der Waals surface area (Å²) in [5, 5.41) is 24.7. The highest BCUT2D eigenvalue weighted by molar-refractivity contribution is 6.31. The average molecular weight is 528 g/mol. The number of nitrogens with one attached hydrogen (secondary N) is 1. The maximum Gasteiger partial charge on any atom is 0.411 e. The Morgan fingerprint density at radius 3 is 2.53 bits per heavy atom. The first-order valence-corrected chi connectivity index (χ1v) is 12.1. The van der Waals surface area contributed by atoms with Crippen LogP contribution in [0.25, 0.3) is 0 Å². The summed E-state index contributed by atoms with van der Waals surface area (Å²) in [5.41, 5.74) is 3.03. The van der Waals surface area contributed by atoms with Crippen LogP contribution < -0.4 is 16.0 Å². The summed E-state index contributed by atoms with van der Waals surface area (Å²) in [6, 6.07) is 1.47. The molecule has 12 nitrogen and oxygen atoms in total. The fourth-order valence-electron chi connectivity index (χ4n) is 5.89. The second-order valence-electron chi connectivity index (χ2n) is 10.1. The van der Waals surface area contributed by atoms with Gasteiger partial charge >= 0.3 is 6.09 Å². The summed E-state index contributed by atoms with van der Waals surface area (Å²) in [6.45, 7) is 3.58. The lowest BCUT2D eigenvalue weighted by atomic mass is 9.53. The van der Waals surface area contributed by atoms with Crippen LogP contribution in [-0.4, -0.2) is 71.6 Å². The molecule has 2 fully saturated rings. The lowest BCUT2D eigenvalue weighted by Gasteiger charge is -2.48. The number of carbonyl (C=O) groups is 6. The second-order valence-corrected chi connectivity index (χ2v) is 10.1. The predicted molar refractivity (Wildman–Crippen MR) is 133 cm³/mol. The third-order valence-electron chi connectivity index (χ3n) is 7.65. The highest BCUT2D eigenvalue weighted by Gasteiger charge is 2.66. The summed E-state index contributed by atoms with van der Waals surface area (Å²) >= 11 is 0. The number of ketones is 4. The number of anilines is 2. The number of phenols is 1. The SMILES string of the molecule is C=CCCOC(=O)Nc1cc(N(C)C)c2c(c1O)C(=O)C1C(=O)[C@]3(O)C(=O)C(C(N)=O)C(=O)C[C@@H]3C[C@@H]1C2. The van der Waals surface area contributed by atoms with E-state index in [1.165, 1.54) is 6.07 Å². The molecule has 2 amide bonds. The monoisotopic (exact) mass is 527 g/mol. The van der Waals surface area contributed by atoms with Crippen LogP contribution in [0.2, 0.25) is 0 Å². The van der Waals surface area contributed by atoms with E-state index < -0.39 is 76.6 Å². The van der Waals surface area contributed by atoms with Gasteiger partial charge in [0.15, 0.2) is 34.7 Å². The molecular weight excluding hydrogens is 498 g/mol. The summed E-state index contributed by atoms with van der Waals surface area (Å²) in [7, 11) is 3.39. The third kappa shape index (κ3) is 4.05. The van der Waals surface area contributed by atoms with Crippen molar-refractivity contribution >= 4 is 46.5 Å². The van der Waals surface area contributed by atoms with E-state index in [4.69, 9.17) is 10.5 Å². The first-order chi connectivity index (χ1) is 17.8. The molecule has 0 heterocycles. The molecule has 0 bridgehead atoms. The number of nitrogens with zero attached hydrogens (tertiary/aromatic N) is 1. The van der Waals surface area contributed by atoms with E-state index in [2.05, 4.69) is 11.9 Å². The topological polar surface area (TPSA) is 193 Å². The highest BCUT2D eigenvalue weighted by atomic mass is 16.5. The summed E-state index contributed by atoms with van der Waals surface area (Å²) < 4.78 is 5.02. The van der Waals surface area contributed by atoms with E-state index in [1.807, 2.05) is 0 Å². The van der Waals surface area contributed by atoms with Crippen LogP contribution in [0.15, 0.2) is 18.7 Å². The van der Waals surface area contributed by atoms with Crippen LogP contribution >= 0.6 is 0 Å². The summed E-state index contributed by atoms with van der Waals surface area (Å²) in [5.74, 6) is -11.2. The van der Waals surface area contributed by atoms with Gasteiger partial charge in [-0.2, -0.15) is 0 Å². The number of hydrogen-bond donors (Lipinski definition) is 4. The van der Waals surface area contributed by atoms with Gasteiger partial charge in [-0.05, 0) is 36.8 Å². The average Bonchev–Trinajstić information content (AvgIpc) is 2.82. The van der Waals surface area contributed by atoms with Crippen molar-refractivity contribution in [1.82, 2.24) is 0 Å². The molecule has 5 N–H and O–H groups in total. The fourth-order valence-corrected chi connectivity index (χ4v) is 5.89. The van der Waals surface area contributed by atoms with E-state index in [1.54, 1.807) is 25.1 Å². The molecule has 5 atom stereocenters. The minimum atomic E-state index is -2.73. The van der Waals surface area contributed by atoms with Crippen LogP contribution in [-0.2, 0) is 30.3 Å². The molecule has 3 aliphatic carbocycles. The summed E-state index contributed by atoms with van der Waals surface area (Å²) in [4.78, 5) is 78.6. The van der Waals surface area contributed by atoms with E-state index in [-0.39, 0.29) is 30.7 Å². The molecular formula is C26H29N3O9. The number of rotatable bonds is 6. The number of fused-ring (bicyclic) bond motifs is 3.